The SMILES string of the molecule is COc1ccc(Br)cc1C(Cl)Cc1ccc(F)c(F)c1. The third-order valence-corrected chi connectivity index (χ3v) is 3.81. The highest BCUT2D eigenvalue weighted by atomic mass is 79.9. The molecule has 0 aliphatic carbocycles. The maximum absolute atomic E-state index is 13.2. The van der Waals surface area contributed by atoms with Crippen molar-refractivity contribution >= 4 is 27.5 Å². The van der Waals surface area contributed by atoms with E-state index in [1.807, 2.05) is 12.1 Å². The van der Waals surface area contributed by atoms with E-state index in [0.717, 1.165) is 22.2 Å². The maximum Gasteiger partial charge on any atom is 0.159 e. The fraction of sp³-hybridized carbons (Fsp3) is 0.200. The van der Waals surface area contributed by atoms with Gasteiger partial charge in [0.25, 0.3) is 0 Å². The zero-order chi connectivity index (χ0) is 14.7. The molecule has 20 heavy (non-hydrogen) atoms. The van der Waals surface area contributed by atoms with Gasteiger partial charge in [0.1, 0.15) is 5.75 Å². The summed E-state index contributed by atoms with van der Waals surface area (Å²) < 4.78 is 32.2. The second-order valence-electron chi connectivity index (χ2n) is 4.31. The Morgan fingerprint density at radius 1 is 1.15 bits per heavy atom. The molecule has 2 aromatic carbocycles. The molecule has 0 heterocycles. The minimum atomic E-state index is -0.868. The van der Waals surface area contributed by atoms with E-state index >= 15 is 0 Å². The highest BCUT2D eigenvalue weighted by Gasteiger charge is 2.15. The molecule has 106 valence electrons. The third kappa shape index (κ3) is 3.49. The van der Waals surface area contributed by atoms with Gasteiger partial charge < -0.3 is 4.74 Å². The first kappa shape index (κ1) is 15.3. The van der Waals surface area contributed by atoms with E-state index in [1.165, 1.54) is 6.07 Å². The van der Waals surface area contributed by atoms with Crippen molar-refractivity contribution in [1.29, 1.82) is 0 Å². The number of benzene rings is 2. The summed E-state index contributed by atoms with van der Waals surface area (Å²) >= 11 is 9.75. The van der Waals surface area contributed by atoms with Crippen LogP contribution in [0.5, 0.6) is 5.75 Å². The van der Waals surface area contributed by atoms with Crippen LogP contribution in [-0.2, 0) is 6.42 Å². The molecule has 0 aromatic heterocycles. The number of hydrogen-bond acceptors (Lipinski definition) is 1. The average molecular weight is 362 g/mol. The predicted octanol–water partition coefficient (Wildman–Crippen LogP) is 5.26. The standard InChI is InChI=1S/C15H12BrClF2O/c1-20-15-5-3-10(16)8-11(15)12(17)6-9-2-4-13(18)14(19)7-9/h2-5,7-8,12H,6H2,1H3. The van der Waals surface area contributed by atoms with Gasteiger partial charge in [-0.3, -0.25) is 0 Å². The van der Waals surface area contributed by atoms with Gasteiger partial charge in [-0.05, 0) is 42.3 Å². The average Bonchev–Trinajstić information content (AvgIpc) is 2.43. The smallest absolute Gasteiger partial charge is 0.159 e. The molecule has 1 atom stereocenters. The van der Waals surface area contributed by atoms with Crippen LogP contribution >= 0.6 is 27.5 Å². The lowest BCUT2D eigenvalue weighted by Crippen LogP contribution is -2.00. The zero-order valence-corrected chi connectivity index (χ0v) is 13.0. The lowest BCUT2D eigenvalue weighted by atomic mass is 10.0. The minimum absolute atomic E-state index is 0.381. The summed E-state index contributed by atoms with van der Waals surface area (Å²) in [5.41, 5.74) is 1.43. The topological polar surface area (TPSA) is 9.23 Å². The predicted molar refractivity (Wildman–Crippen MR) is 79.4 cm³/mol. The second kappa shape index (κ2) is 6.55. The van der Waals surface area contributed by atoms with Crippen LogP contribution in [0.4, 0.5) is 8.78 Å². The highest BCUT2D eigenvalue weighted by Crippen LogP contribution is 2.34. The Morgan fingerprint density at radius 3 is 2.55 bits per heavy atom. The van der Waals surface area contributed by atoms with Crippen LogP contribution in [-0.4, -0.2) is 7.11 Å². The van der Waals surface area contributed by atoms with Crippen molar-refractivity contribution in [3.63, 3.8) is 0 Å². The van der Waals surface area contributed by atoms with Gasteiger partial charge in [0.15, 0.2) is 11.6 Å². The molecule has 0 spiro atoms. The van der Waals surface area contributed by atoms with Crippen molar-refractivity contribution in [2.45, 2.75) is 11.8 Å². The Bertz CT molecular complexity index is 619. The molecule has 0 amide bonds. The van der Waals surface area contributed by atoms with E-state index in [0.29, 0.717) is 17.7 Å². The monoisotopic (exact) mass is 360 g/mol. The first-order valence-electron chi connectivity index (χ1n) is 5.92. The molecule has 2 aromatic rings. The van der Waals surface area contributed by atoms with Crippen molar-refractivity contribution in [3.05, 3.63) is 63.6 Å². The molecule has 0 saturated heterocycles. The van der Waals surface area contributed by atoms with Crippen LogP contribution in [0.25, 0.3) is 0 Å². The highest BCUT2D eigenvalue weighted by molar-refractivity contribution is 9.10. The Labute approximate surface area is 129 Å². The Balaban J connectivity index is 2.25. The Hall–Kier alpha value is -1.13. The fourth-order valence-electron chi connectivity index (χ4n) is 1.93. The van der Waals surface area contributed by atoms with Crippen molar-refractivity contribution < 1.29 is 13.5 Å². The lowest BCUT2D eigenvalue weighted by Gasteiger charge is -2.14. The van der Waals surface area contributed by atoms with Crippen molar-refractivity contribution in [2.75, 3.05) is 7.11 Å². The summed E-state index contributed by atoms with van der Waals surface area (Å²) in [7, 11) is 1.56. The minimum Gasteiger partial charge on any atom is -0.496 e. The van der Waals surface area contributed by atoms with E-state index in [2.05, 4.69) is 15.9 Å². The largest absolute Gasteiger partial charge is 0.496 e. The Kier molecular flexibility index (Phi) is 5.00. The molecular formula is C15H12BrClF2O. The first-order valence-corrected chi connectivity index (χ1v) is 7.15. The first-order chi connectivity index (χ1) is 9.51. The molecule has 0 aliphatic rings. The van der Waals surface area contributed by atoms with Gasteiger partial charge in [-0.15, -0.1) is 11.6 Å². The maximum atomic E-state index is 13.2. The molecule has 0 radical (unpaired) electrons. The van der Waals surface area contributed by atoms with Crippen molar-refractivity contribution in [3.8, 4) is 5.75 Å². The van der Waals surface area contributed by atoms with Gasteiger partial charge in [-0.2, -0.15) is 0 Å². The molecule has 1 nitrogen and oxygen atoms in total. The van der Waals surface area contributed by atoms with Crippen LogP contribution in [0.15, 0.2) is 40.9 Å². The Morgan fingerprint density at radius 2 is 1.90 bits per heavy atom. The van der Waals surface area contributed by atoms with E-state index in [-0.39, 0.29) is 0 Å². The van der Waals surface area contributed by atoms with Crippen LogP contribution < -0.4 is 4.74 Å². The summed E-state index contributed by atoms with van der Waals surface area (Å²) in [5, 5.41) is -0.396. The molecule has 0 N–H and O–H groups in total. The quantitative estimate of drug-likeness (QED) is 0.675. The lowest BCUT2D eigenvalue weighted by molar-refractivity contribution is 0.409. The van der Waals surface area contributed by atoms with Crippen LogP contribution in [0.1, 0.15) is 16.5 Å². The van der Waals surface area contributed by atoms with Gasteiger partial charge in [0.05, 0.1) is 12.5 Å². The van der Waals surface area contributed by atoms with Gasteiger partial charge in [0, 0.05) is 10.0 Å². The van der Waals surface area contributed by atoms with E-state index in [9.17, 15) is 8.78 Å². The summed E-state index contributed by atoms with van der Waals surface area (Å²) in [6, 6.07) is 9.31. The molecular weight excluding hydrogens is 350 g/mol. The molecule has 0 aliphatic heterocycles. The molecule has 0 saturated carbocycles. The second-order valence-corrected chi connectivity index (χ2v) is 5.75. The van der Waals surface area contributed by atoms with Crippen LogP contribution in [0, 0.1) is 11.6 Å². The van der Waals surface area contributed by atoms with Gasteiger partial charge >= 0.3 is 0 Å². The van der Waals surface area contributed by atoms with Crippen LogP contribution in [0.2, 0.25) is 0 Å². The van der Waals surface area contributed by atoms with Crippen molar-refractivity contribution in [2.24, 2.45) is 0 Å². The molecule has 5 heteroatoms. The summed E-state index contributed by atoms with van der Waals surface area (Å²) in [5.74, 6) is -1.07. The third-order valence-electron chi connectivity index (χ3n) is 2.93. The normalized spacial score (nSPS) is 12.2. The molecule has 2 rings (SSSR count). The van der Waals surface area contributed by atoms with Gasteiger partial charge in [0.2, 0.25) is 0 Å². The van der Waals surface area contributed by atoms with E-state index in [4.69, 9.17) is 16.3 Å². The zero-order valence-electron chi connectivity index (χ0n) is 10.7. The summed E-state index contributed by atoms with van der Waals surface area (Å²) in [4.78, 5) is 0. The summed E-state index contributed by atoms with van der Waals surface area (Å²) in [6.07, 6.45) is 0.381. The molecule has 1 unspecified atom stereocenters. The summed E-state index contributed by atoms with van der Waals surface area (Å²) in [6.45, 7) is 0. The number of alkyl halides is 1. The fourth-order valence-corrected chi connectivity index (χ4v) is 2.66. The number of ether oxygens (including phenoxy) is 1. The van der Waals surface area contributed by atoms with Gasteiger partial charge in [-0.1, -0.05) is 22.0 Å². The van der Waals surface area contributed by atoms with E-state index in [1.54, 1.807) is 13.2 Å². The molecule has 0 bridgehead atoms. The number of rotatable bonds is 4. The molecule has 0 fully saturated rings. The number of methoxy groups -OCH3 is 1. The number of halogens is 4. The van der Waals surface area contributed by atoms with Gasteiger partial charge in [-0.25, -0.2) is 8.78 Å². The van der Waals surface area contributed by atoms with E-state index < -0.39 is 17.0 Å². The van der Waals surface area contributed by atoms with Crippen molar-refractivity contribution in [1.82, 2.24) is 0 Å². The number of hydrogen-bond donors (Lipinski definition) is 0. The van der Waals surface area contributed by atoms with Crippen LogP contribution in [0.3, 0.4) is 0 Å².